The van der Waals surface area contributed by atoms with Gasteiger partial charge in [-0.25, -0.2) is 18.7 Å². The van der Waals surface area contributed by atoms with Crippen molar-refractivity contribution in [1.82, 2.24) is 15.0 Å². The number of rotatable bonds is 6. The highest BCUT2D eigenvalue weighted by Gasteiger charge is 2.21. The first-order chi connectivity index (χ1) is 17.8. The van der Waals surface area contributed by atoms with E-state index < -0.39 is 11.6 Å². The molecule has 0 amide bonds. The lowest BCUT2D eigenvalue weighted by Gasteiger charge is -2.12. The number of aliphatic hydroxyl groups excluding tert-OH is 1. The zero-order valence-corrected chi connectivity index (χ0v) is 20.8. The van der Waals surface area contributed by atoms with Gasteiger partial charge in [-0.15, -0.1) is 0 Å². The van der Waals surface area contributed by atoms with Crippen LogP contribution in [-0.2, 0) is 5.75 Å². The van der Waals surface area contributed by atoms with E-state index in [-0.39, 0.29) is 34.2 Å². The van der Waals surface area contributed by atoms with Crippen LogP contribution in [0.4, 0.5) is 14.6 Å². The zero-order chi connectivity index (χ0) is 26.9. The van der Waals surface area contributed by atoms with Gasteiger partial charge in [-0.2, -0.15) is 10.5 Å². The standard InChI is InChI=1S/C23H14F2N6OS.C3H8O/c1-12-2-3-14(9-29-12)20-16(7-26)21(28)31-23(17(20)8-27)33-11-15-10-32-22(30-15)13-4-5-18(24)19(25)6-13;1-2-3-4/h2-6,9-10H,11H2,1H3,(H2,28,31);4H,2-3H2,1H3. The fourth-order valence-corrected chi connectivity index (χ4v) is 3.96. The molecule has 8 nitrogen and oxygen atoms in total. The number of halogens is 2. The number of nitriles is 2. The predicted molar refractivity (Wildman–Crippen MR) is 135 cm³/mol. The summed E-state index contributed by atoms with van der Waals surface area (Å²) in [4.78, 5) is 12.8. The highest BCUT2D eigenvalue weighted by Crippen LogP contribution is 2.36. The van der Waals surface area contributed by atoms with Crippen LogP contribution >= 0.6 is 11.8 Å². The number of hydrogen-bond acceptors (Lipinski definition) is 9. The van der Waals surface area contributed by atoms with Crippen LogP contribution in [0, 0.1) is 41.2 Å². The van der Waals surface area contributed by atoms with Crippen LogP contribution in [0.25, 0.3) is 22.6 Å². The number of thioether (sulfide) groups is 1. The molecule has 3 heterocycles. The maximum Gasteiger partial charge on any atom is 0.226 e. The van der Waals surface area contributed by atoms with Crippen LogP contribution in [-0.4, -0.2) is 26.7 Å². The smallest absolute Gasteiger partial charge is 0.226 e. The van der Waals surface area contributed by atoms with Crippen molar-refractivity contribution >= 4 is 17.6 Å². The maximum absolute atomic E-state index is 13.5. The number of aromatic nitrogens is 3. The molecule has 0 spiro atoms. The van der Waals surface area contributed by atoms with Crippen LogP contribution in [0.3, 0.4) is 0 Å². The summed E-state index contributed by atoms with van der Waals surface area (Å²) in [6.07, 6.45) is 3.83. The number of aryl methyl sites for hydroxylation is 1. The monoisotopic (exact) mass is 520 g/mol. The summed E-state index contributed by atoms with van der Waals surface area (Å²) < 4.78 is 32.0. The molecule has 37 heavy (non-hydrogen) atoms. The van der Waals surface area contributed by atoms with E-state index >= 15 is 0 Å². The van der Waals surface area contributed by atoms with Gasteiger partial charge in [-0.05, 0) is 37.6 Å². The number of aliphatic hydroxyl groups is 1. The molecule has 0 saturated carbocycles. The van der Waals surface area contributed by atoms with Gasteiger partial charge in [0.05, 0.1) is 11.3 Å². The Balaban J connectivity index is 0.000000886. The van der Waals surface area contributed by atoms with Gasteiger partial charge >= 0.3 is 0 Å². The Kier molecular flexibility index (Phi) is 9.27. The molecule has 0 atom stereocenters. The number of benzene rings is 1. The van der Waals surface area contributed by atoms with E-state index in [1.807, 2.05) is 19.9 Å². The van der Waals surface area contributed by atoms with Crippen molar-refractivity contribution < 1.29 is 18.3 Å². The summed E-state index contributed by atoms with van der Waals surface area (Å²) in [5.41, 5.74) is 8.83. The SMILES string of the molecule is CCCO.Cc1ccc(-c2c(C#N)c(N)nc(SCc3coc(-c4ccc(F)c(F)c4)n3)c2C#N)cn1. The van der Waals surface area contributed by atoms with Crippen molar-refractivity contribution in [3.8, 4) is 34.7 Å². The van der Waals surface area contributed by atoms with Gasteiger partial charge in [-0.3, -0.25) is 4.98 Å². The number of anilines is 1. The summed E-state index contributed by atoms with van der Waals surface area (Å²) in [5.74, 6) is -1.59. The van der Waals surface area contributed by atoms with Crippen LogP contribution in [0.1, 0.15) is 35.9 Å². The molecular formula is C26H22F2N6O2S. The molecule has 0 bridgehead atoms. The van der Waals surface area contributed by atoms with Gasteiger partial charge in [0.2, 0.25) is 5.89 Å². The molecule has 1 aromatic carbocycles. The van der Waals surface area contributed by atoms with Crippen molar-refractivity contribution in [2.45, 2.75) is 31.0 Å². The summed E-state index contributed by atoms with van der Waals surface area (Å²) >= 11 is 1.18. The number of oxazole rings is 1. The second-order valence-electron chi connectivity index (χ2n) is 7.62. The number of nitrogens with two attached hydrogens (primary N) is 1. The highest BCUT2D eigenvalue weighted by atomic mass is 32.2. The average molecular weight is 521 g/mol. The average Bonchev–Trinajstić information content (AvgIpc) is 3.38. The van der Waals surface area contributed by atoms with E-state index in [1.54, 1.807) is 18.3 Å². The number of hydrogen-bond donors (Lipinski definition) is 2. The summed E-state index contributed by atoms with van der Waals surface area (Å²) in [7, 11) is 0. The number of nitrogen functional groups attached to an aromatic ring is 1. The van der Waals surface area contributed by atoms with Crippen molar-refractivity contribution in [3.05, 3.63) is 76.9 Å². The molecule has 3 aromatic heterocycles. The van der Waals surface area contributed by atoms with Crippen molar-refractivity contribution in [2.75, 3.05) is 12.3 Å². The normalized spacial score (nSPS) is 10.2. The Morgan fingerprint density at radius 3 is 2.35 bits per heavy atom. The largest absolute Gasteiger partial charge is 0.444 e. The molecule has 11 heteroatoms. The lowest BCUT2D eigenvalue weighted by Crippen LogP contribution is -2.03. The van der Waals surface area contributed by atoms with Crippen LogP contribution in [0.5, 0.6) is 0 Å². The fourth-order valence-electron chi connectivity index (χ4n) is 3.08. The molecule has 3 N–H and O–H groups in total. The zero-order valence-electron chi connectivity index (χ0n) is 20.0. The van der Waals surface area contributed by atoms with Crippen LogP contribution in [0.15, 0.2) is 52.2 Å². The Bertz CT molecular complexity index is 1470. The minimum absolute atomic E-state index is 0.00259. The highest BCUT2D eigenvalue weighted by molar-refractivity contribution is 7.98. The molecule has 0 aliphatic carbocycles. The third kappa shape index (κ3) is 6.47. The number of pyridine rings is 2. The molecule has 0 saturated heterocycles. The van der Waals surface area contributed by atoms with Crippen LogP contribution in [0.2, 0.25) is 0 Å². The van der Waals surface area contributed by atoms with E-state index in [0.29, 0.717) is 28.5 Å². The van der Waals surface area contributed by atoms with E-state index in [9.17, 15) is 19.3 Å². The van der Waals surface area contributed by atoms with Gasteiger partial charge in [0, 0.05) is 40.9 Å². The van der Waals surface area contributed by atoms with Gasteiger partial charge < -0.3 is 15.3 Å². The fraction of sp³-hybridized carbons (Fsp3) is 0.192. The van der Waals surface area contributed by atoms with E-state index in [4.69, 9.17) is 15.3 Å². The lowest BCUT2D eigenvalue weighted by atomic mass is 9.98. The molecular weight excluding hydrogens is 498 g/mol. The number of nitrogens with zero attached hydrogens (tertiary/aromatic N) is 5. The first kappa shape index (κ1) is 27.3. The van der Waals surface area contributed by atoms with Gasteiger partial charge in [0.25, 0.3) is 0 Å². The van der Waals surface area contributed by atoms with Gasteiger partial charge in [-0.1, -0.05) is 24.8 Å². The van der Waals surface area contributed by atoms with Crippen molar-refractivity contribution in [2.24, 2.45) is 0 Å². The van der Waals surface area contributed by atoms with Crippen LogP contribution < -0.4 is 5.73 Å². The van der Waals surface area contributed by atoms with E-state index in [1.165, 1.54) is 24.1 Å². The van der Waals surface area contributed by atoms with Gasteiger partial charge in [0.1, 0.15) is 34.8 Å². The maximum atomic E-state index is 13.5. The third-order valence-corrected chi connectivity index (χ3v) is 5.92. The molecule has 0 radical (unpaired) electrons. The first-order valence-electron chi connectivity index (χ1n) is 11.0. The summed E-state index contributed by atoms with van der Waals surface area (Å²) in [6, 6.07) is 11.0. The topological polar surface area (TPSA) is 146 Å². The molecule has 4 rings (SSSR count). The van der Waals surface area contributed by atoms with E-state index in [2.05, 4.69) is 21.0 Å². The molecule has 0 unspecified atom stereocenters. The van der Waals surface area contributed by atoms with Crippen molar-refractivity contribution in [1.29, 1.82) is 10.5 Å². The predicted octanol–water partition coefficient (Wildman–Crippen LogP) is 5.39. The quantitative estimate of drug-likeness (QED) is 0.319. The molecule has 4 aromatic rings. The van der Waals surface area contributed by atoms with E-state index in [0.717, 1.165) is 24.2 Å². The molecule has 0 aliphatic rings. The minimum Gasteiger partial charge on any atom is -0.444 e. The second-order valence-corrected chi connectivity index (χ2v) is 8.59. The summed E-state index contributed by atoms with van der Waals surface area (Å²) in [5, 5.41) is 27.6. The third-order valence-electron chi connectivity index (χ3n) is 4.91. The molecule has 0 aliphatic heterocycles. The Labute approximate surface area is 216 Å². The Hall–Kier alpha value is -4.32. The van der Waals surface area contributed by atoms with Crippen molar-refractivity contribution in [3.63, 3.8) is 0 Å². The molecule has 188 valence electrons. The first-order valence-corrected chi connectivity index (χ1v) is 12.0. The lowest BCUT2D eigenvalue weighted by molar-refractivity contribution is 0.295. The second kappa shape index (κ2) is 12.6. The Morgan fingerprint density at radius 1 is 1.05 bits per heavy atom. The minimum atomic E-state index is -1.00. The Morgan fingerprint density at radius 2 is 1.76 bits per heavy atom. The van der Waals surface area contributed by atoms with Gasteiger partial charge in [0.15, 0.2) is 11.6 Å². The molecule has 0 fully saturated rings. The summed E-state index contributed by atoms with van der Waals surface area (Å²) in [6.45, 7) is 4.08.